The Bertz CT molecular complexity index is 2350. The van der Waals surface area contributed by atoms with Crippen LogP contribution in [-0.2, 0) is 0 Å². The number of ether oxygens (including phenoxy) is 4. The molecule has 50 heavy (non-hydrogen) atoms. The molecule has 7 aromatic carbocycles. The predicted octanol–water partition coefficient (Wildman–Crippen LogP) is 2.45. The van der Waals surface area contributed by atoms with E-state index in [1.165, 1.54) is 50.6 Å². The average molecular weight is 772 g/mol. The van der Waals surface area contributed by atoms with Crippen molar-refractivity contribution in [3.05, 3.63) is 146 Å². The van der Waals surface area contributed by atoms with Crippen molar-refractivity contribution in [2.75, 3.05) is 0 Å². The van der Waals surface area contributed by atoms with Crippen LogP contribution < -0.4 is 69.6 Å². The Morgan fingerprint density at radius 1 is 0.360 bits per heavy atom. The van der Waals surface area contributed by atoms with Crippen molar-refractivity contribution in [1.82, 2.24) is 0 Å². The van der Waals surface area contributed by atoms with Crippen LogP contribution in [0.1, 0.15) is 0 Å². The fourth-order valence-electron chi connectivity index (χ4n) is 7.71. The van der Waals surface area contributed by atoms with Crippen LogP contribution in [0.2, 0.25) is 0 Å². The molecule has 4 aliphatic heterocycles. The van der Waals surface area contributed by atoms with Crippen LogP contribution >= 0.6 is 0 Å². The summed E-state index contributed by atoms with van der Waals surface area (Å²) in [7, 11) is 0. The molecule has 4 heterocycles. The number of para-hydroxylation sites is 2. The summed E-state index contributed by atoms with van der Waals surface area (Å²) in [5.74, 6) is 6.54. The number of fused-ring (bicyclic) bond motifs is 8. The van der Waals surface area contributed by atoms with Gasteiger partial charge in [-0.2, -0.15) is 0 Å². The molecule has 234 valence electrons. The Morgan fingerprint density at radius 2 is 0.800 bits per heavy atom. The Hall–Kier alpha value is -5.09. The number of benzene rings is 7. The molecule has 4 aliphatic rings. The molecule has 11 rings (SSSR count). The summed E-state index contributed by atoms with van der Waals surface area (Å²) in [5.41, 5.74) is 7.59. The molecule has 7 aromatic rings. The molecule has 0 radical (unpaired) electrons. The second kappa shape index (κ2) is 11.2. The fraction of sp³-hybridized carbons (Fsp3) is 0. The first-order chi connectivity index (χ1) is 24.7. The SMILES string of the molecule is c1ccc(Oc2cc3c4c(c2)[Se]c2ccccc2B4c2cc4c(cc2O3)Oc2cc(Oc3ccccc3)cc3c2B4c2ccccc2[Se]3)cc1. The summed E-state index contributed by atoms with van der Waals surface area (Å²) in [5, 5.41) is 0. The molecule has 0 aromatic heterocycles. The number of rotatable bonds is 4. The van der Waals surface area contributed by atoms with Crippen molar-refractivity contribution in [2.24, 2.45) is 0 Å². The molecule has 0 saturated heterocycles. The van der Waals surface area contributed by atoms with Crippen LogP contribution in [0.5, 0.6) is 46.0 Å². The van der Waals surface area contributed by atoms with Crippen LogP contribution in [-0.4, -0.2) is 43.3 Å². The molecule has 8 heteroatoms. The van der Waals surface area contributed by atoms with Crippen LogP contribution in [0, 0.1) is 0 Å². The molecule has 0 unspecified atom stereocenters. The van der Waals surface area contributed by atoms with E-state index in [0.29, 0.717) is 0 Å². The van der Waals surface area contributed by atoms with E-state index >= 15 is 0 Å². The maximum atomic E-state index is 6.88. The minimum atomic E-state index is 0.0530. The van der Waals surface area contributed by atoms with Gasteiger partial charge in [0.1, 0.15) is 0 Å². The molecular weight excluding hydrogens is 748 g/mol. The number of hydrogen-bond acceptors (Lipinski definition) is 4. The van der Waals surface area contributed by atoms with Crippen LogP contribution in [0.3, 0.4) is 0 Å². The summed E-state index contributed by atoms with van der Waals surface area (Å²) in [6.45, 7) is 0.106. The molecule has 0 amide bonds. The Morgan fingerprint density at radius 3 is 1.28 bits per heavy atom. The van der Waals surface area contributed by atoms with E-state index in [1.807, 2.05) is 60.7 Å². The van der Waals surface area contributed by atoms with Gasteiger partial charge in [-0.25, -0.2) is 0 Å². The summed E-state index contributed by atoms with van der Waals surface area (Å²) < 4.78 is 31.9. The quantitative estimate of drug-likeness (QED) is 0.258. The molecule has 4 nitrogen and oxygen atoms in total. The van der Waals surface area contributed by atoms with E-state index in [2.05, 4.69) is 84.9 Å². The zero-order chi connectivity index (χ0) is 32.8. The van der Waals surface area contributed by atoms with E-state index in [1.54, 1.807) is 0 Å². The normalized spacial score (nSPS) is 13.7. The molecule has 0 saturated carbocycles. The predicted molar refractivity (Wildman–Crippen MR) is 205 cm³/mol. The second-order valence-electron chi connectivity index (χ2n) is 12.8. The zero-order valence-electron chi connectivity index (χ0n) is 26.5. The van der Waals surface area contributed by atoms with Crippen LogP contribution in [0.15, 0.2) is 146 Å². The number of hydrogen-bond donors (Lipinski definition) is 0. The van der Waals surface area contributed by atoms with Crippen molar-refractivity contribution >= 4 is 94.0 Å². The van der Waals surface area contributed by atoms with Gasteiger partial charge in [0.05, 0.1) is 0 Å². The van der Waals surface area contributed by atoms with Gasteiger partial charge in [0.15, 0.2) is 0 Å². The van der Waals surface area contributed by atoms with Crippen LogP contribution in [0.4, 0.5) is 0 Å². The van der Waals surface area contributed by atoms with Crippen molar-refractivity contribution in [3.8, 4) is 46.0 Å². The van der Waals surface area contributed by atoms with Crippen molar-refractivity contribution < 1.29 is 18.9 Å². The van der Waals surface area contributed by atoms with E-state index in [4.69, 9.17) is 18.9 Å². The molecule has 0 fully saturated rings. The standard InChI is InChI=1S/C42H24B2O4Se2/c1-3-11-25(12-4-1)45-27-19-35-41-39(21-27)49-37-17-9-7-15-29(37)43(41)31-23-32-34(24-33(31)47-35)48-36-20-28(46-26-13-5-2-6-14-26)22-40-42(36)44(32)30-16-8-10-18-38(30)50-40/h1-24H. The van der Waals surface area contributed by atoms with E-state index in [0.717, 1.165) is 46.0 Å². The second-order valence-corrected chi connectivity index (χ2v) is 17.3. The molecular formula is C42H24B2O4Se2. The van der Waals surface area contributed by atoms with Gasteiger partial charge in [0.2, 0.25) is 0 Å². The first kappa shape index (κ1) is 28.7. The third-order valence-electron chi connectivity index (χ3n) is 9.79. The Labute approximate surface area is 302 Å². The maximum absolute atomic E-state index is 6.88. The van der Waals surface area contributed by atoms with Gasteiger partial charge in [-0.3, -0.25) is 0 Å². The third kappa shape index (κ3) is 4.54. The van der Waals surface area contributed by atoms with Crippen molar-refractivity contribution in [3.63, 3.8) is 0 Å². The van der Waals surface area contributed by atoms with Gasteiger partial charge in [-0.1, -0.05) is 0 Å². The minimum absolute atomic E-state index is 0.0530. The van der Waals surface area contributed by atoms with Gasteiger partial charge in [0, 0.05) is 0 Å². The van der Waals surface area contributed by atoms with Gasteiger partial charge >= 0.3 is 304 Å². The summed E-state index contributed by atoms with van der Waals surface area (Å²) in [6.07, 6.45) is 0. The zero-order valence-corrected chi connectivity index (χ0v) is 29.9. The molecule has 0 bridgehead atoms. The van der Waals surface area contributed by atoms with E-state index in [9.17, 15) is 0 Å². The topological polar surface area (TPSA) is 36.9 Å². The van der Waals surface area contributed by atoms with E-state index in [-0.39, 0.29) is 43.3 Å². The first-order valence-corrected chi connectivity index (χ1v) is 20.0. The van der Waals surface area contributed by atoms with Gasteiger partial charge < -0.3 is 0 Å². The summed E-state index contributed by atoms with van der Waals surface area (Å²) in [6, 6.07) is 50.8. The first-order valence-electron chi connectivity index (χ1n) is 16.6. The fourth-order valence-corrected chi connectivity index (χ4v) is 12.7. The van der Waals surface area contributed by atoms with Gasteiger partial charge in [-0.15, -0.1) is 0 Å². The van der Waals surface area contributed by atoms with Gasteiger partial charge in [0.25, 0.3) is 0 Å². The van der Waals surface area contributed by atoms with Gasteiger partial charge in [-0.05, 0) is 0 Å². The molecule has 0 atom stereocenters. The van der Waals surface area contributed by atoms with Crippen molar-refractivity contribution in [2.45, 2.75) is 0 Å². The molecule has 0 N–H and O–H groups in total. The van der Waals surface area contributed by atoms with Crippen LogP contribution in [0.25, 0.3) is 0 Å². The Kier molecular flexibility index (Phi) is 6.44. The molecule has 0 spiro atoms. The summed E-state index contributed by atoms with van der Waals surface area (Å²) >= 11 is 0.229. The monoisotopic (exact) mass is 774 g/mol. The third-order valence-corrected chi connectivity index (χ3v) is 14.6. The molecule has 0 aliphatic carbocycles. The summed E-state index contributed by atoms with van der Waals surface area (Å²) in [4.78, 5) is 0. The van der Waals surface area contributed by atoms with Crippen molar-refractivity contribution in [1.29, 1.82) is 0 Å². The van der Waals surface area contributed by atoms with E-state index < -0.39 is 0 Å². The average Bonchev–Trinajstić information content (AvgIpc) is 3.14. The Balaban J connectivity index is 1.08.